The van der Waals surface area contributed by atoms with Crippen molar-refractivity contribution in [3.63, 3.8) is 0 Å². The molecule has 0 aliphatic rings. The third-order valence-corrected chi connectivity index (χ3v) is 8.24. The standard InChI is InChI=1S/C50H76O6/c1-4-7-10-13-16-18-20-22-24-25-27-28-30-32-34-37-40-43-49(52)55-46-47(45-54-48(51)42-39-36-15-12-9-6-3)56-50(53)44-41-38-35-33-31-29-26-23-21-19-17-14-11-8-5-2/h7-8,10-11,16-19,22-24,26-28,31-34,38,41,47H,4-6,9,12-15,20-21,25,29-30,35-37,39-40,42-46H2,1-3H3/b10-7-,11-8-,18-16-,19-17-,24-22-,26-23-,28-27-,33-31-,34-32-,41-38-. The van der Waals surface area contributed by atoms with Gasteiger partial charge in [0.05, 0.1) is 6.42 Å². The number of carbonyl (C=O) groups is 3. The minimum absolute atomic E-state index is 0.0803. The second-order valence-electron chi connectivity index (χ2n) is 13.5. The van der Waals surface area contributed by atoms with Gasteiger partial charge in [0.15, 0.2) is 6.10 Å². The van der Waals surface area contributed by atoms with Gasteiger partial charge >= 0.3 is 17.9 Å². The van der Waals surface area contributed by atoms with Crippen LogP contribution in [0.4, 0.5) is 0 Å². The van der Waals surface area contributed by atoms with Crippen molar-refractivity contribution in [2.24, 2.45) is 0 Å². The Kier molecular flexibility index (Phi) is 40.3. The van der Waals surface area contributed by atoms with E-state index in [1.807, 2.05) is 6.08 Å². The van der Waals surface area contributed by atoms with Crippen LogP contribution in [-0.2, 0) is 28.6 Å². The summed E-state index contributed by atoms with van der Waals surface area (Å²) in [5.41, 5.74) is 0. The highest BCUT2D eigenvalue weighted by molar-refractivity contribution is 5.72. The van der Waals surface area contributed by atoms with Gasteiger partial charge in [0.2, 0.25) is 0 Å². The zero-order valence-corrected chi connectivity index (χ0v) is 35.3. The summed E-state index contributed by atoms with van der Waals surface area (Å²) in [4.78, 5) is 37.4. The molecule has 0 heterocycles. The topological polar surface area (TPSA) is 78.9 Å². The Morgan fingerprint density at radius 3 is 1.18 bits per heavy atom. The molecule has 0 aromatic heterocycles. The molecule has 0 saturated carbocycles. The molecule has 0 spiro atoms. The van der Waals surface area contributed by atoms with Crippen molar-refractivity contribution < 1.29 is 28.6 Å². The lowest BCUT2D eigenvalue weighted by Gasteiger charge is -2.18. The van der Waals surface area contributed by atoms with Crippen LogP contribution in [0.25, 0.3) is 0 Å². The Balaban J connectivity index is 4.56. The summed E-state index contributed by atoms with van der Waals surface area (Å²) in [6.45, 7) is 6.16. The third kappa shape index (κ3) is 41.0. The normalized spacial score (nSPS) is 13.3. The molecule has 1 unspecified atom stereocenters. The monoisotopic (exact) mass is 773 g/mol. The van der Waals surface area contributed by atoms with Crippen molar-refractivity contribution in [3.8, 4) is 0 Å². The average molecular weight is 773 g/mol. The van der Waals surface area contributed by atoms with E-state index in [0.717, 1.165) is 83.5 Å². The first-order valence-electron chi connectivity index (χ1n) is 21.5. The highest BCUT2D eigenvalue weighted by Crippen LogP contribution is 2.09. The molecule has 312 valence electrons. The van der Waals surface area contributed by atoms with E-state index in [-0.39, 0.29) is 38.0 Å². The van der Waals surface area contributed by atoms with E-state index in [0.29, 0.717) is 19.3 Å². The largest absolute Gasteiger partial charge is 0.462 e. The van der Waals surface area contributed by atoms with Crippen LogP contribution >= 0.6 is 0 Å². The van der Waals surface area contributed by atoms with Crippen LogP contribution in [0, 0.1) is 0 Å². The molecule has 0 rings (SSSR count). The molecule has 0 fully saturated rings. The van der Waals surface area contributed by atoms with Crippen molar-refractivity contribution in [2.45, 2.75) is 162 Å². The Morgan fingerprint density at radius 2 is 0.750 bits per heavy atom. The third-order valence-electron chi connectivity index (χ3n) is 8.24. The molecule has 0 amide bonds. The number of unbranched alkanes of at least 4 members (excludes halogenated alkanes) is 6. The van der Waals surface area contributed by atoms with Gasteiger partial charge in [0.1, 0.15) is 13.2 Å². The van der Waals surface area contributed by atoms with Gasteiger partial charge in [0.25, 0.3) is 0 Å². The first-order valence-corrected chi connectivity index (χ1v) is 21.5. The molecule has 0 saturated heterocycles. The van der Waals surface area contributed by atoms with Crippen LogP contribution in [0.5, 0.6) is 0 Å². The van der Waals surface area contributed by atoms with Gasteiger partial charge in [-0.15, -0.1) is 0 Å². The van der Waals surface area contributed by atoms with E-state index in [4.69, 9.17) is 14.2 Å². The SMILES string of the molecule is CC/C=C\C/C=C\C/C=C\C/C=C\C/C=C\CCCC(=O)OCC(COC(=O)CCCCCCCC)OC(=O)C/C=C\C/C=C\C/C=C\C/C=C\C/C=C\CC. The molecule has 0 aromatic carbocycles. The van der Waals surface area contributed by atoms with Crippen LogP contribution in [0.2, 0.25) is 0 Å². The van der Waals surface area contributed by atoms with Crippen LogP contribution in [-0.4, -0.2) is 37.2 Å². The predicted molar refractivity (Wildman–Crippen MR) is 237 cm³/mol. The summed E-state index contributed by atoms with van der Waals surface area (Å²) < 4.78 is 16.4. The van der Waals surface area contributed by atoms with Crippen LogP contribution < -0.4 is 0 Å². The number of allylic oxidation sites excluding steroid dienone is 19. The first kappa shape index (κ1) is 51.8. The fraction of sp³-hybridized carbons (Fsp3) is 0.540. The van der Waals surface area contributed by atoms with Gasteiger partial charge < -0.3 is 14.2 Å². The molecule has 0 N–H and O–H groups in total. The van der Waals surface area contributed by atoms with Gasteiger partial charge in [-0.2, -0.15) is 0 Å². The summed E-state index contributed by atoms with van der Waals surface area (Å²) in [6, 6.07) is 0. The Bertz CT molecular complexity index is 1260. The fourth-order valence-electron chi connectivity index (χ4n) is 5.08. The maximum absolute atomic E-state index is 12.6. The Morgan fingerprint density at radius 1 is 0.393 bits per heavy atom. The molecule has 1 atom stereocenters. The molecule has 6 heteroatoms. The van der Waals surface area contributed by atoms with Crippen molar-refractivity contribution in [1.82, 2.24) is 0 Å². The number of carbonyl (C=O) groups excluding carboxylic acids is 3. The van der Waals surface area contributed by atoms with E-state index < -0.39 is 12.1 Å². The zero-order valence-electron chi connectivity index (χ0n) is 35.3. The van der Waals surface area contributed by atoms with Gasteiger partial charge in [-0.1, -0.05) is 174 Å². The molecule has 0 radical (unpaired) electrons. The summed E-state index contributed by atoms with van der Waals surface area (Å²) in [5.74, 6) is -1.16. The molecule has 56 heavy (non-hydrogen) atoms. The quantitative estimate of drug-likeness (QED) is 0.0273. The van der Waals surface area contributed by atoms with Gasteiger partial charge in [0, 0.05) is 12.8 Å². The molecular weight excluding hydrogens is 697 g/mol. The van der Waals surface area contributed by atoms with Crippen molar-refractivity contribution >= 4 is 17.9 Å². The lowest BCUT2D eigenvalue weighted by atomic mass is 10.1. The van der Waals surface area contributed by atoms with Crippen LogP contribution in [0.1, 0.15) is 156 Å². The number of esters is 3. The van der Waals surface area contributed by atoms with Gasteiger partial charge in [-0.25, -0.2) is 0 Å². The first-order chi connectivity index (χ1) is 27.5. The molecule has 0 aliphatic carbocycles. The van der Waals surface area contributed by atoms with E-state index in [1.54, 1.807) is 6.08 Å². The molecule has 0 bridgehead atoms. The summed E-state index contributed by atoms with van der Waals surface area (Å²) >= 11 is 0. The number of ether oxygens (including phenoxy) is 3. The second kappa shape index (κ2) is 43.5. The van der Waals surface area contributed by atoms with E-state index in [2.05, 4.69) is 130 Å². The number of hydrogen-bond donors (Lipinski definition) is 0. The highest BCUT2D eigenvalue weighted by atomic mass is 16.6. The van der Waals surface area contributed by atoms with Crippen molar-refractivity contribution in [3.05, 3.63) is 122 Å². The fourth-order valence-corrected chi connectivity index (χ4v) is 5.08. The lowest BCUT2D eigenvalue weighted by Crippen LogP contribution is -2.30. The maximum atomic E-state index is 12.6. The predicted octanol–water partition coefficient (Wildman–Crippen LogP) is 13.8. The van der Waals surface area contributed by atoms with Crippen molar-refractivity contribution in [1.29, 1.82) is 0 Å². The molecule has 6 nitrogen and oxygen atoms in total. The number of hydrogen-bond acceptors (Lipinski definition) is 6. The van der Waals surface area contributed by atoms with Gasteiger partial charge in [-0.3, -0.25) is 14.4 Å². The Hall–Kier alpha value is -4.19. The van der Waals surface area contributed by atoms with Crippen LogP contribution in [0.15, 0.2) is 122 Å². The average Bonchev–Trinajstić information content (AvgIpc) is 3.19. The van der Waals surface area contributed by atoms with E-state index in [9.17, 15) is 14.4 Å². The molecule has 0 aromatic rings. The highest BCUT2D eigenvalue weighted by Gasteiger charge is 2.19. The van der Waals surface area contributed by atoms with Crippen molar-refractivity contribution in [2.75, 3.05) is 13.2 Å². The summed E-state index contributed by atoms with van der Waals surface area (Å²) in [7, 11) is 0. The summed E-state index contributed by atoms with van der Waals surface area (Å²) in [5, 5.41) is 0. The maximum Gasteiger partial charge on any atom is 0.310 e. The Labute approximate surface area is 342 Å². The van der Waals surface area contributed by atoms with Gasteiger partial charge in [-0.05, 0) is 83.5 Å². The number of rotatable bonds is 36. The summed E-state index contributed by atoms with van der Waals surface area (Å²) in [6.07, 6.45) is 59.5. The molecular formula is C50H76O6. The van der Waals surface area contributed by atoms with E-state index in [1.165, 1.54) is 19.3 Å². The minimum atomic E-state index is -0.853. The van der Waals surface area contributed by atoms with E-state index >= 15 is 0 Å². The lowest BCUT2D eigenvalue weighted by molar-refractivity contribution is -0.166. The molecule has 0 aliphatic heterocycles. The van der Waals surface area contributed by atoms with Crippen LogP contribution in [0.3, 0.4) is 0 Å². The second-order valence-corrected chi connectivity index (χ2v) is 13.5. The minimum Gasteiger partial charge on any atom is -0.462 e. The zero-order chi connectivity index (χ0) is 40.8. The smallest absolute Gasteiger partial charge is 0.310 e.